The highest BCUT2D eigenvalue weighted by atomic mass is 35.5. The van der Waals surface area contributed by atoms with Gasteiger partial charge in [0.2, 0.25) is 15.9 Å². The molecular weight excluding hydrogens is 384 g/mol. The van der Waals surface area contributed by atoms with Crippen molar-refractivity contribution in [3.63, 3.8) is 0 Å². The maximum Gasteiger partial charge on any atom is 0.230 e. The number of hydrogen-bond acceptors (Lipinski definition) is 6. The molecule has 25 heavy (non-hydrogen) atoms. The van der Waals surface area contributed by atoms with Crippen LogP contribution in [0.15, 0.2) is 29.6 Å². The minimum absolute atomic E-state index is 0. The summed E-state index contributed by atoms with van der Waals surface area (Å²) in [6.45, 7) is 2.44. The third-order valence-corrected chi connectivity index (χ3v) is 4.54. The van der Waals surface area contributed by atoms with Gasteiger partial charge in [0, 0.05) is 29.1 Å². The van der Waals surface area contributed by atoms with Crippen molar-refractivity contribution in [3.05, 3.63) is 29.6 Å². The fourth-order valence-electron chi connectivity index (χ4n) is 2.01. The molecule has 0 aliphatic rings. The van der Waals surface area contributed by atoms with Gasteiger partial charge in [-0.1, -0.05) is 19.1 Å². The molecule has 1 atom stereocenters. The van der Waals surface area contributed by atoms with Gasteiger partial charge in [0.05, 0.1) is 11.9 Å². The molecule has 1 unspecified atom stereocenters. The van der Waals surface area contributed by atoms with E-state index in [1.807, 2.05) is 12.3 Å². The quantitative estimate of drug-likeness (QED) is 0.657. The SMILES string of the molecule is CNCC(C)C(=O)Nc1nc(-c2ccc(NS(C)(=O)=O)cc2)cs1.Cl. The van der Waals surface area contributed by atoms with E-state index in [1.165, 1.54) is 11.3 Å². The van der Waals surface area contributed by atoms with Gasteiger partial charge in [0.1, 0.15) is 0 Å². The number of thiazole rings is 1. The molecule has 0 radical (unpaired) electrons. The Morgan fingerprint density at radius 2 is 1.92 bits per heavy atom. The lowest BCUT2D eigenvalue weighted by Crippen LogP contribution is -2.28. The van der Waals surface area contributed by atoms with Gasteiger partial charge in [-0.3, -0.25) is 9.52 Å². The average molecular weight is 405 g/mol. The van der Waals surface area contributed by atoms with Crippen LogP contribution < -0.4 is 15.4 Å². The summed E-state index contributed by atoms with van der Waals surface area (Å²) in [4.78, 5) is 16.4. The second-order valence-electron chi connectivity index (χ2n) is 5.44. The molecule has 0 saturated carbocycles. The molecule has 2 aromatic rings. The largest absolute Gasteiger partial charge is 0.319 e. The van der Waals surface area contributed by atoms with Crippen LogP contribution in [-0.2, 0) is 14.8 Å². The Bertz CT molecular complexity index is 806. The van der Waals surface area contributed by atoms with Crippen molar-refractivity contribution in [3.8, 4) is 11.3 Å². The molecule has 1 aromatic carbocycles. The van der Waals surface area contributed by atoms with Gasteiger partial charge in [-0.2, -0.15) is 0 Å². The van der Waals surface area contributed by atoms with Crippen molar-refractivity contribution in [1.82, 2.24) is 10.3 Å². The number of hydrogen-bond donors (Lipinski definition) is 3. The monoisotopic (exact) mass is 404 g/mol. The van der Waals surface area contributed by atoms with Crippen LogP contribution in [0.1, 0.15) is 6.92 Å². The molecule has 3 N–H and O–H groups in total. The fourth-order valence-corrected chi connectivity index (χ4v) is 3.30. The van der Waals surface area contributed by atoms with Gasteiger partial charge in [-0.25, -0.2) is 13.4 Å². The van der Waals surface area contributed by atoms with Gasteiger partial charge in [-0.05, 0) is 19.2 Å². The molecule has 1 amide bonds. The molecule has 1 heterocycles. The fraction of sp³-hybridized carbons (Fsp3) is 0.333. The first kappa shape index (κ1) is 21.4. The van der Waals surface area contributed by atoms with Gasteiger partial charge < -0.3 is 10.6 Å². The summed E-state index contributed by atoms with van der Waals surface area (Å²) in [6.07, 6.45) is 1.10. The van der Waals surface area contributed by atoms with Gasteiger partial charge in [-0.15, -0.1) is 23.7 Å². The molecule has 1 aromatic heterocycles. The highest BCUT2D eigenvalue weighted by molar-refractivity contribution is 7.92. The Hall–Kier alpha value is -1.68. The number of rotatable bonds is 7. The number of halogens is 1. The Kier molecular flexibility index (Phi) is 7.81. The number of amides is 1. The summed E-state index contributed by atoms with van der Waals surface area (Å²) in [5.41, 5.74) is 2.06. The minimum Gasteiger partial charge on any atom is -0.319 e. The molecule has 7 nitrogen and oxygen atoms in total. The van der Waals surface area contributed by atoms with E-state index in [4.69, 9.17) is 0 Å². The molecule has 0 bridgehead atoms. The first-order valence-corrected chi connectivity index (χ1v) is 10.0. The summed E-state index contributed by atoms with van der Waals surface area (Å²) in [6, 6.07) is 6.89. The average Bonchev–Trinajstić information content (AvgIpc) is 2.95. The zero-order valence-electron chi connectivity index (χ0n) is 14.1. The number of carbonyl (C=O) groups excluding carboxylic acids is 1. The highest BCUT2D eigenvalue weighted by Gasteiger charge is 2.14. The van der Waals surface area contributed by atoms with Crippen molar-refractivity contribution in [2.45, 2.75) is 6.92 Å². The molecule has 0 aliphatic heterocycles. The number of carbonyl (C=O) groups is 1. The zero-order valence-corrected chi connectivity index (χ0v) is 16.5. The van der Waals surface area contributed by atoms with Crippen LogP contribution in [0, 0.1) is 5.92 Å². The minimum atomic E-state index is -3.29. The number of anilines is 2. The zero-order chi connectivity index (χ0) is 17.7. The first-order valence-electron chi connectivity index (χ1n) is 7.27. The summed E-state index contributed by atoms with van der Waals surface area (Å²) in [7, 11) is -1.49. The Balaban J connectivity index is 0.00000312. The summed E-state index contributed by atoms with van der Waals surface area (Å²) >= 11 is 1.35. The predicted octanol–water partition coefficient (Wildman–Crippen LogP) is 2.40. The lowest BCUT2D eigenvalue weighted by Gasteiger charge is -2.09. The molecule has 0 spiro atoms. The molecule has 10 heteroatoms. The number of nitrogens with one attached hydrogen (secondary N) is 3. The number of nitrogens with zero attached hydrogens (tertiary/aromatic N) is 1. The van der Waals surface area contributed by atoms with Gasteiger partial charge in [0.25, 0.3) is 0 Å². The van der Waals surface area contributed by atoms with Crippen molar-refractivity contribution in [1.29, 1.82) is 0 Å². The molecule has 0 saturated heterocycles. The lowest BCUT2D eigenvalue weighted by atomic mass is 10.1. The van der Waals surface area contributed by atoms with Crippen LogP contribution in [-0.4, -0.2) is 39.2 Å². The van der Waals surface area contributed by atoms with E-state index in [9.17, 15) is 13.2 Å². The highest BCUT2D eigenvalue weighted by Crippen LogP contribution is 2.26. The Morgan fingerprint density at radius 1 is 1.28 bits per heavy atom. The topological polar surface area (TPSA) is 100 Å². The second-order valence-corrected chi connectivity index (χ2v) is 8.04. The van der Waals surface area contributed by atoms with E-state index >= 15 is 0 Å². The standard InChI is InChI=1S/C15H20N4O3S2.ClH/c1-10(8-16-2)14(20)18-15-17-13(9-23-15)11-4-6-12(7-5-11)19-24(3,21)22;/h4-7,9-10,16,19H,8H2,1-3H3,(H,17,18,20);1H. The molecule has 0 fully saturated rings. The molecule has 2 rings (SSSR count). The van der Waals surface area contributed by atoms with E-state index < -0.39 is 10.0 Å². The Morgan fingerprint density at radius 3 is 2.48 bits per heavy atom. The normalized spacial score (nSPS) is 12.1. The third kappa shape index (κ3) is 6.62. The second kappa shape index (κ2) is 9.14. The van der Waals surface area contributed by atoms with E-state index in [0.29, 0.717) is 17.4 Å². The van der Waals surface area contributed by atoms with Gasteiger partial charge >= 0.3 is 0 Å². The van der Waals surface area contributed by atoms with Crippen LogP contribution in [0.25, 0.3) is 11.3 Å². The van der Waals surface area contributed by atoms with Gasteiger partial charge in [0.15, 0.2) is 5.13 Å². The van der Waals surface area contributed by atoms with E-state index in [1.54, 1.807) is 31.3 Å². The summed E-state index contributed by atoms with van der Waals surface area (Å²) in [5.74, 6) is -0.235. The van der Waals surface area contributed by atoms with E-state index in [2.05, 4.69) is 20.3 Å². The van der Waals surface area contributed by atoms with Crippen molar-refractivity contribution >= 4 is 50.5 Å². The van der Waals surface area contributed by atoms with E-state index in [0.717, 1.165) is 17.5 Å². The van der Waals surface area contributed by atoms with Crippen LogP contribution in [0.5, 0.6) is 0 Å². The lowest BCUT2D eigenvalue weighted by molar-refractivity contribution is -0.119. The van der Waals surface area contributed by atoms with E-state index in [-0.39, 0.29) is 24.2 Å². The Labute approximate surface area is 157 Å². The van der Waals surface area contributed by atoms with Crippen molar-refractivity contribution in [2.24, 2.45) is 5.92 Å². The predicted molar refractivity (Wildman–Crippen MR) is 105 cm³/mol. The molecule has 138 valence electrons. The summed E-state index contributed by atoms with van der Waals surface area (Å²) in [5, 5.41) is 8.14. The van der Waals surface area contributed by atoms with Crippen LogP contribution >= 0.6 is 23.7 Å². The third-order valence-electron chi connectivity index (χ3n) is 3.18. The van der Waals surface area contributed by atoms with Crippen LogP contribution in [0.2, 0.25) is 0 Å². The first-order chi connectivity index (χ1) is 11.3. The number of benzene rings is 1. The smallest absolute Gasteiger partial charge is 0.230 e. The number of aromatic nitrogens is 1. The maximum absolute atomic E-state index is 12.0. The maximum atomic E-state index is 12.0. The van der Waals surface area contributed by atoms with Crippen LogP contribution in [0.4, 0.5) is 10.8 Å². The van der Waals surface area contributed by atoms with Crippen molar-refractivity contribution in [2.75, 3.05) is 29.9 Å². The van der Waals surface area contributed by atoms with Crippen molar-refractivity contribution < 1.29 is 13.2 Å². The van der Waals surface area contributed by atoms with Crippen LogP contribution in [0.3, 0.4) is 0 Å². The molecular formula is C15H21ClN4O3S2. The number of sulfonamides is 1. The molecule has 0 aliphatic carbocycles. The summed E-state index contributed by atoms with van der Waals surface area (Å²) < 4.78 is 24.8.